The van der Waals surface area contributed by atoms with Crippen LogP contribution in [0.25, 0.3) is 0 Å². The van der Waals surface area contributed by atoms with Gasteiger partial charge in [-0.15, -0.1) is 0 Å². The van der Waals surface area contributed by atoms with Gasteiger partial charge in [0, 0.05) is 112 Å². The highest BCUT2D eigenvalue weighted by Crippen LogP contribution is 2.33. The summed E-state index contributed by atoms with van der Waals surface area (Å²) in [5.74, 6) is 0. The molecule has 0 bridgehead atoms. The fraction of sp³-hybridized carbons (Fsp3) is 0.931. The molecule has 2 saturated heterocycles. The molecule has 4 aliphatic heterocycles. The number of piperazine rings is 2. The summed E-state index contributed by atoms with van der Waals surface area (Å²) in [6, 6.07) is 0. The second kappa shape index (κ2) is 30.7. The van der Waals surface area contributed by atoms with Crippen LogP contribution in [0.1, 0.15) is 234 Å². The molecule has 0 unspecified atom stereocenters. The highest BCUT2D eigenvalue weighted by molar-refractivity contribution is 5.16. The van der Waals surface area contributed by atoms with Gasteiger partial charge in [-0.25, -0.2) is 0 Å². The third-order valence-corrected chi connectivity index (χ3v) is 12.6. The van der Waals surface area contributed by atoms with E-state index in [9.17, 15) is 0 Å². The zero-order valence-electron chi connectivity index (χ0n) is 50.7. The van der Waals surface area contributed by atoms with Gasteiger partial charge in [0.2, 0.25) is 0 Å². The van der Waals surface area contributed by atoms with Crippen LogP contribution in [0.3, 0.4) is 0 Å². The quantitative estimate of drug-likeness (QED) is 0.224. The molecule has 0 aromatic carbocycles. The minimum absolute atomic E-state index is 0.319. The fourth-order valence-electron chi connectivity index (χ4n) is 8.02. The molecule has 6 heteroatoms. The standard InChI is InChI=1S/2C13H25N.2C12H26N2.4C2H6/c2*1-12(2,3)11-7-9-14(10-8-11)13(4,5)6;2*1-11(2,3)13-7-9-14(10-8-13)12(4,5)6;4*1-2/h2*7H,8-10H2,1-6H3;2*7-10H2,1-6H3;4*1-2H3. The predicted octanol–water partition coefficient (Wildman–Crippen LogP) is 15.4. The summed E-state index contributed by atoms with van der Waals surface area (Å²) >= 11 is 0. The Bertz CT molecular complexity index is 1050. The summed E-state index contributed by atoms with van der Waals surface area (Å²) in [5, 5.41) is 0. The lowest BCUT2D eigenvalue weighted by Gasteiger charge is -2.46. The van der Waals surface area contributed by atoms with Crippen molar-refractivity contribution in [2.75, 3.05) is 78.5 Å². The molecule has 6 nitrogen and oxygen atoms in total. The second-order valence-corrected chi connectivity index (χ2v) is 25.3. The molecule has 0 amide bonds. The zero-order chi connectivity index (χ0) is 51.9. The SMILES string of the molecule is CC.CC.CC.CC.CC(C)(C)C1=CCN(C(C)(C)C)CC1.CC(C)(C)C1=CCN(C(C)(C)C)CC1.CC(C)(C)N1CCN(C(C)(C)C)CC1.CC(C)(C)N1CCN(C(C)(C)C)CC1. The first-order valence-electron chi connectivity index (χ1n) is 26.7. The molecule has 2 fully saturated rings. The van der Waals surface area contributed by atoms with Gasteiger partial charge in [0.15, 0.2) is 0 Å². The van der Waals surface area contributed by atoms with E-state index in [1.807, 2.05) is 55.4 Å². The van der Waals surface area contributed by atoms with Crippen molar-refractivity contribution in [3.63, 3.8) is 0 Å². The predicted molar refractivity (Wildman–Crippen MR) is 298 cm³/mol. The first kappa shape index (κ1) is 69.8. The summed E-state index contributed by atoms with van der Waals surface area (Å²) in [4.78, 5) is 15.4. The molecular formula is C58H126N6. The van der Waals surface area contributed by atoms with E-state index in [0.29, 0.717) is 44.1 Å². The minimum atomic E-state index is 0.319. The molecule has 64 heavy (non-hydrogen) atoms. The van der Waals surface area contributed by atoms with Crippen molar-refractivity contribution in [1.82, 2.24) is 29.4 Å². The Hall–Kier alpha value is -0.760. The number of rotatable bonds is 0. The second-order valence-electron chi connectivity index (χ2n) is 25.3. The summed E-state index contributed by atoms with van der Waals surface area (Å²) in [6.07, 6.45) is 7.32. The van der Waals surface area contributed by atoms with E-state index in [-0.39, 0.29) is 0 Å². The van der Waals surface area contributed by atoms with Crippen molar-refractivity contribution in [1.29, 1.82) is 0 Å². The van der Waals surface area contributed by atoms with Crippen LogP contribution in [-0.4, -0.2) is 141 Å². The first-order valence-corrected chi connectivity index (χ1v) is 26.7. The maximum Gasteiger partial charge on any atom is 0.0171 e. The monoisotopic (exact) mass is 907 g/mol. The topological polar surface area (TPSA) is 19.4 Å². The highest BCUT2D eigenvalue weighted by atomic mass is 15.3. The Kier molecular flexibility index (Phi) is 33.5. The van der Waals surface area contributed by atoms with E-state index in [4.69, 9.17) is 0 Å². The van der Waals surface area contributed by atoms with Gasteiger partial charge < -0.3 is 0 Å². The van der Waals surface area contributed by atoms with Gasteiger partial charge in [-0.2, -0.15) is 0 Å². The molecule has 0 spiro atoms. The van der Waals surface area contributed by atoms with Crippen LogP contribution in [0.15, 0.2) is 23.3 Å². The van der Waals surface area contributed by atoms with E-state index >= 15 is 0 Å². The first-order chi connectivity index (χ1) is 28.8. The van der Waals surface area contributed by atoms with Crippen molar-refractivity contribution >= 4 is 0 Å². The Morgan fingerprint density at radius 3 is 0.500 bits per heavy atom. The Labute approximate surface area is 408 Å². The average Bonchev–Trinajstić information content (AvgIpc) is 3.19. The molecule has 0 aliphatic carbocycles. The zero-order valence-corrected chi connectivity index (χ0v) is 50.7. The summed E-state index contributed by atoms with van der Waals surface area (Å²) in [6.45, 7) is 85.6. The Morgan fingerprint density at radius 2 is 0.406 bits per heavy atom. The van der Waals surface area contributed by atoms with Crippen molar-refractivity contribution in [3.05, 3.63) is 23.3 Å². The summed E-state index contributed by atoms with van der Waals surface area (Å²) < 4.78 is 0. The van der Waals surface area contributed by atoms with Crippen LogP contribution < -0.4 is 0 Å². The lowest BCUT2D eigenvalue weighted by Crippen LogP contribution is -2.57. The van der Waals surface area contributed by atoms with Crippen molar-refractivity contribution in [2.45, 2.75) is 268 Å². The van der Waals surface area contributed by atoms with Gasteiger partial charge in [-0.05, 0) is 148 Å². The minimum Gasteiger partial charge on any atom is -0.296 e. The van der Waals surface area contributed by atoms with Gasteiger partial charge in [-0.3, -0.25) is 29.4 Å². The van der Waals surface area contributed by atoms with E-state index in [0.717, 1.165) is 13.1 Å². The lowest BCUT2D eigenvalue weighted by molar-refractivity contribution is 0.0211. The molecule has 0 radical (unpaired) electrons. The summed E-state index contributed by atoms with van der Waals surface area (Å²) in [7, 11) is 0. The van der Waals surface area contributed by atoms with Crippen molar-refractivity contribution in [2.24, 2.45) is 10.8 Å². The number of hydrogen-bond donors (Lipinski definition) is 0. The van der Waals surface area contributed by atoms with Gasteiger partial charge in [-0.1, -0.05) is 120 Å². The van der Waals surface area contributed by atoms with E-state index < -0.39 is 0 Å². The smallest absolute Gasteiger partial charge is 0.0171 e. The average molecular weight is 908 g/mol. The van der Waals surface area contributed by atoms with E-state index in [1.165, 1.54) is 78.3 Å². The normalized spacial score (nSPS) is 19.4. The molecule has 388 valence electrons. The van der Waals surface area contributed by atoms with E-state index in [1.54, 1.807) is 11.1 Å². The van der Waals surface area contributed by atoms with Crippen LogP contribution in [0, 0.1) is 10.8 Å². The van der Waals surface area contributed by atoms with Crippen LogP contribution in [0.2, 0.25) is 0 Å². The third kappa shape index (κ3) is 29.2. The molecule has 4 aliphatic rings. The van der Waals surface area contributed by atoms with Gasteiger partial charge in [0.05, 0.1) is 0 Å². The molecule has 0 N–H and O–H groups in total. The number of nitrogens with zero attached hydrogens (tertiary/aromatic N) is 6. The Balaban J connectivity index is -0.000000355. The Morgan fingerprint density at radius 1 is 0.250 bits per heavy atom. The van der Waals surface area contributed by atoms with Gasteiger partial charge >= 0.3 is 0 Å². The van der Waals surface area contributed by atoms with Gasteiger partial charge in [0.25, 0.3) is 0 Å². The summed E-state index contributed by atoms with van der Waals surface area (Å²) in [5.41, 5.74) is 5.96. The van der Waals surface area contributed by atoms with Gasteiger partial charge in [0.1, 0.15) is 0 Å². The highest BCUT2D eigenvalue weighted by Gasteiger charge is 2.32. The largest absolute Gasteiger partial charge is 0.296 e. The molecule has 0 atom stereocenters. The lowest BCUT2D eigenvalue weighted by atomic mass is 9.82. The number of hydrogen-bond acceptors (Lipinski definition) is 6. The fourth-order valence-corrected chi connectivity index (χ4v) is 8.02. The molecule has 4 heterocycles. The van der Waals surface area contributed by atoms with E-state index in [2.05, 4.69) is 208 Å². The molecular weight excluding hydrogens is 781 g/mol. The third-order valence-electron chi connectivity index (χ3n) is 12.6. The maximum absolute atomic E-state index is 2.58. The van der Waals surface area contributed by atoms with Crippen molar-refractivity contribution < 1.29 is 0 Å². The van der Waals surface area contributed by atoms with Crippen molar-refractivity contribution in [3.8, 4) is 0 Å². The molecule has 0 aromatic rings. The van der Waals surface area contributed by atoms with Crippen LogP contribution in [-0.2, 0) is 0 Å². The molecule has 4 rings (SSSR count). The van der Waals surface area contributed by atoms with Crippen LogP contribution in [0.5, 0.6) is 0 Å². The van der Waals surface area contributed by atoms with Crippen LogP contribution in [0.4, 0.5) is 0 Å². The maximum atomic E-state index is 2.58. The molecule has 0 saturated carbocycles. The van der Waals surface area contributed by atoms with Crippen LogP contribution >= 0.6 is 0 Å². The molecule has 0 aromatic heterocycles.